The van der Waals surface area contributed by atoms with Gasteiger partial charge in [0, 0.05) is 23.6 Å². The van der Waals surface area contributed by atoms with Gasteiger partial charge in [-0.05, 0) is 22.4 Å². The molecule has 0 bridgehead atoms. The molecule has 80 valence electrons. The second kappa shape index (κ2) is 4.95. The molecule has 2 N–H and O–H groups in total. The van der Waals surface area contributed by atoms with Crippen LogP contribution < -0.4 is 0 Å². The standard InChI is InChI=1S/C7H7Cl2NO2S.H2O/c1-6-2-4-7(5-3-6)13(11,12)10(8)9;/h2-5H,1H3;1H2. The minimum atomic E-state index is -3.73. The van der Waals surface area contributed by atoms with Crippen LogP contribution in [0.2, 0.25) is 0 Å². The number of benzene rings is 1. The highest BCUT2D eigenvalue weighted by Crippen LogP contribution is 2.19. The van der Waals surface area contributed by atoms with Crippen LogP contribution in [-0.2, 0) is 10.0 Å². The third-order valence-electron chi connectivity index (χ3n) is 1.50. The third-order valence-corrected chi connectivity index (χ3v) is 3.82. The molecule has 1 rings (SSSR count). The number of hydrogen-bond donors (Lipinski definition) is 0. The maximum Gasteiger partial charge on any atom is 0.270 e. The van der Waals surface area contributed by atoms with Crippen LogP contribution in [0.5, 0.6) is 0 Å². The predicted molar refractivity (Wildman–Crippen MR) is 55.5 cm³/mol. The summed E-state index contributed by atoms with van der Waals surface area (Å²) in [6, 6.07) is 6.24. The molecule has 0 aliphatic heterocycles. The Balaban J connectivity index is 0.00000169. The van der Waals surface area contributed by atoms with Gasteiger partial charge in [-0.25, -0.2) is 8.42 Å². The number of sulfonamides is 1. The molecule has 7 heteroatoms. The van der Waals surface area contributed by atoms with Crippen molar-refractivity contribution in [2.75, 3.05) is 0 Å². The van der Waals surface area contributed by atoms with Gasteiger partial charge in [-0.15, -0.1) is 0 Å². The molecular formula is C7H9Cl2NO3S. The molecule has 0 radical (unpaired) electrons. The van der Waals surface area contributed by atoms with Crippen molar-refractivity contribution >= 4 is 33.6 Å². The summed E-state index contributed by atoms with van der Waals surface area (Å²) in [4.78, 5) is 0.0723. The summed E-state index contributed by atoms with van der Waals surface area (Å²) < 4.78 is 22.8. The van der Waals surface area contributed by atoms with Crippen LogP contribution in [-0.4, -0.2) is 17.2 Å². The second-order valence-corrected chi connectivity index (χ2v) is 5.53. The smallest absolute Gasteiger partial charge is 0.270 e. The second-order valence-electron chi connectivity index (χ2n) is 2.49. The number of aryl methyl sites for hydroxylation is 1. The van der Waals surface area contributed by atoms with Crippen molar-refractivity contribution in [2.24, 2.45) is 0 Å². The summed E-state index contributed by atoms with van der Waals surface area (Å²) in [6.07, 6.45) is 0. The molecule has 1 aromatic carbocycles. The summed E-state index contributed by atoms with van der Waals surface area (Å²) in [6.45, 7) is 1.86. The van der Waals surface area contributed by atoms with E-state index in [0.29, 0.717) is 0 Å². The van der Waals surface area contributed by atoms with Crippen LogP contribution in [0, 0.1) is 6.92 Å². The van der Waals surface area contributed by atoms with Crippen molar-refractivity contribution in [3.05, 3.63) is 29.8 Å². The first kappa shape index (κ1) is 13.7. The minimum absolute atomic E-state index is 0. The number of halogens is 2. The van der Waals surface area contributed by atoms with Crippen LogP contribution in [0.3, 0.4) is 0 Å². The fourth-order valence-corrected chi connectivity index (χ4v) is 1.91. The largest absolute Gasteiger partial charge is 0.412 e. The molecule has 1 aromatic rings. The Morgan fingerprint density at radius 1 is 1.14 bits per heavy atom. The van der Waals surface area contributed by atoms with Crippen molar-refractivity contribution in [1.29, 1.82) is 0 Å². The molecule has 0 fully saturated rings. The van der Waals surface area contributed by atoms with Gasteiger partial charge in [-0.2, -0.15) is 0 Å². The maximum atomic E-state index is 11.3. The Kier molecular flexibility index (Phi) is 4.83. The van der Waals surface area contributed by atoms with E-state index in [2.05, 4.69) is 0 Å². The summed E-state index contributed by atoms with van der Waals surface area (Å²) in [5, 5.41) is 0. The summed E-state index contributed by atoms with van der Waals surface area (Å²) in [7, 11) is -3.73. The third kappa shape index (κ3) is 2.83. The Morgan fingerprint density at radius 3 is 1.93 bits per heavy atom. The highest BCUT2D eigenvalue weighted by Gasteiger charge is 2.20. The topological polar surface area (TPSA) is 68.9 Å². The number of hydrogen-bond acceptors (Lipinski definition) is 2. The molecule has 0 aromatic heterocycles. The molecular weight excluding hydrogens is 249 g/mol. The van der Waals surface area contributed by atoms with E-state index in [9.17, 15) is 8.42 Å². The molecule has 0 aliphatic rings. The molecule has 14 heavy (non-hydrogen) atoms. The van der Waals surface area contributed by atoms with Gasteiger partial charge in [-0.1, -0.05) is 17.7 Å². The van der Waals surface area contributed by atoms with Crippen molar-refractivity contribution in [3.63, 3.8) is 0 Å². The zero-order valence-corrected chi connectivity index (χ0v) is 9.57. The highest BCUT2D eigenvalue weighted by molar-refractivity contribution is 7.91. The predicted octanol–water partition coefficient (Wildman–Crippen LogP) is 1.47. The van der Waals surface area contributed by atoms with E-state index in [0.717, 1.165) is 5.56 Å². The van der Waals surface area contributed by atoms with Crippen LogP contribution in [0.1, 0.15) is 5.56 Å². The SMILES string of the molecule is Cc1ccc(S(=O)(=O)N(Cl)Cl)cc1.O. The monoisotopic (exact) mass is 257 g/mol. The van der Waals surface area contributed by atoms with E-state index in [1.807, 2.05) is 6.92 Å². The fourth-order valence-electron chi connectivity index (χ4n) is 0.790. The van der Waals surface area contributed by atoms with Crippen LogP contribution in [0.4, 0.5) is 0 Å². The van der Waals surface area contributed by atoms with E-state index >= 15 is 0 Å². The molecule has 0 saturated carbocycles. The first-order valence-corrected chi connectivity index (χ1v) is 5.50. The summed E-state index contributed by atoms with van der Waals surface area (Å²) >= 11 is 10.3. The Morgan fingerprint density at radius 2 is 1.57 bits per heavy atom. The summed E-state index contributed by atoms with van der Waals surface area (Å²) in [5.41, 5.74) is 0.967. The van der Waals surface area contributed by atoms with Crippen molar-refractivity contribution in [2.45, 2.75) is 11.8 Å². The van der Waals surface area contributed by atoms with Crippen molar-refractivity contribution in [1.82, 2.24) is 3.34 Å². The lowest BCUT2D eigenvalue weighted by molar-refractivity contribution is 0.579. The minimum Gasteiger partial charge on any atom is -0.412 e. The lowest BCUT2D eigenvalue weighted by Crippen LogP contribution is -2.12. The van der Waals surface area contributed by atoms with Gasteiger partial charge in [0.25, 0.3) is 10.0 Å². The van der Waals surface area contributed by atoms with E-state index in [4.69, 9.17) is 23.6 Å². The van der Waals surface area contributed by atoms with Crippen molar-refractivity contribution < 1.29 is 13.9 Å². The van der Waals surface area contributed by atoms with Gasteiger partial charge in [0.05, 0.1) is 4.90 Å². The molecule has 0 amide bonds. The average molecular weight is 258 g/mol. The lowest BCUT2D eigenvalue weighted by Gasteiger charge is -2.05. The molecule has 0 aliphatic carbocycles. The molecule has 0 heterocycles. The van der Waals surface area contributed by atoms with Crippen LogP contribution in [0.15, 0.2) is 29.2 Å². The fraction of sp³-hybridized carbons (Fsp3) is 0.143. The zero-order chi connectivity index (χ0) is 10.1. The molecule has 0 saturated heterocycles. The van der Waals surface area contributed by atoms with E-state index < -0.39 is 10.0 Å². The molecule has 0 atom stereocenters. The van der Waals surface area contributed by atoms with Gasteiger partial charge in [0.1, 0.15) is 0 Å². The quantitative estimate of drug-likeness (QED) is 0.753. The average Bonchev–Trinajstić information content (AvgIpc) is 2.04. The van der Waals surface area contributed by atoms with Gasteiger partial charge in [-0.3, -0.25) is 0 Å². The molecule has 0 spiro atoms. The Bertz CT molecular complexity index is 388. The van der Waals surface area contributed by atoms with Gasteiger partial charge < -0.3 is 5.48 Å². The van der Waals surface area contributed by atoms with Gasteiger partial charge in [0.2, 0.25) is 0 Å². The first-order valence-electron chi connectivity index (χ1n) is 3.38. The lowest BCUT2D eigenvalue weighted by atomic mass is 10.2. The number of nitrogens with zero attached hydrogens (tertiary/aromatic N) is 1. The van der Waals surface area contributed by atoms with E-state index in [1.54, 1.807) is 12.1 Å². The maximum absolute atomic E-state index is 11.3. The van der Waals surface area contributed by atoms with E-state index in [1.165, 1.54) is 12.1 Å². The highest BCUT2D eigenvalue weighted by atomic mass is 35.5. The molecule has 0 unspecified atom stereocenters. The number of rotatable bonds is 2. The Hall–Kier alpha value is -0.330. The van der Waals surface area contributed by atoms with Gasteiger partial charge in [0.15, 0.2) is 0 Å². The van der Waals surface area contributed by atoms with Crippen molar-refractivity contribution in [3.8, 4) is 0 Å². The zero-order valence-electron chi connectivity index (χ0n) is 7.24. The van der Waals surface area contributed by atoms with E-state index in [-0.39, 0.29) is 13.7 Å². The normalized spacial score (nSPS) is 11.1. The van der Waals surface area contributed by atoms with Crippen LogP contribution in [0.25, 0.3) is 0 Å². The van der Waals surface area contributed by atoms with Gasteiger partial charge >= 0.3 is 0 Å². The Labute approximate surface area is 92.6 Å². The molecule has 4 nitrogen and oxygen atoms in total. The van der Waals surface area contributed by atoms with Crippen LogP contribution >= 0.6 is 23.6 Å². The summed E-state index contributed by atoms with van der Waals surface area (Å²) in [5.74, 6) is 0. The first-order chi connectivity index (χ1) is 5.94.